The fraction of sp³-hybridized carbons (Fsp3) is 0.412. The topological polar surface area (TPSA) is 47.0 Å². The van der Waals surface area contributed by atoms with Gasteiger partial charge in [0.05, 0.1) is 11.7 Å². The van der Waals surface area contributed by atoms with Crippen molar-refractivity contribution < 1.29 is 4.74 Å². The standard InChI is InChI=1S/C17H21N3O/c1-18-16(15-13-19-9-10-20-15)17(7-11-21-12-8-17)14-5-3-2-4-6-14/h2-6,9-10,13,16,18H,7-8,11-12H2,1H3. The molecule has 0 radical (unpaired) electrons. The normalized spacial score (nSPS) is 19.1. The van der Waals surface area contributed by atoms with Crippen LogP contribution in [0.2, 0.25) is 0 Å². The summed E-state index contributed by atoms with van der Waals surface area (Å²) in [5.74, 6) is 0. The highest BCUT2D eigenvalue weighted by Crippen LogP contribution is 2.44. The maximum absolute atomic E-state index is 5.61. The molecule has 2 heterocycles. The Hall–Kier alpha value is -1.78. The summed E-state index contributed by atoms with van der Waals surface area (Å²) >= 11 is 0. The largest absolute Gasteiger partial charge is 0.381 e. The highest BCUT2D eigenvalue weighted by Gasteiger charge is 2.42. The summed E-state index contributed by atoms with van der Waals surface area (Å²) in [6.07, 6.45) is 7.31. The van der Waals surface area contributed by atoms with Gasteiger partial charge in [-0.3, -0.25) is 9.97 Å². The molecule has 1 saturated heterocycles. The van der Waals surface area contributed by atoms with Gasteiger partial charge in [-0.15, -0.1) is 0 Å². The Kier molecular flexibility index (Phi) is 4.27. The molecule has 0 amide bonds. The van der Waals surface area contributed by atoms with Crippen molar-refractivity contribution in [3.8, 4) is 0 Å². The van der Waals surface area contributed by atoms with Crippen LogP contribution in [0, 0.1) is 0 Å². The van der Waals surface area contributed by atoms with Gasteiger partial charge in [0.25, 0.3) is 0 Å². The number of ether oxygens (including phenoxy) is 1. The van der Waals surface area contributed by atoms with E-state index in [9.17, 15) is 0 Å². The summed E-state index contributed by atoms with van der Waals surface area (Å²) in [6.45, 7) is 1.57. The minimum absolute atomic E-state index is 0.00426. The second-order valence-corrected chi connectivity index (χ2v) is 5.49. The Morgan fingerprint density at radius 3 is 2.52 bits per heavy atom. The van der Waals surface area contributed by atoms with E-state index in [4.69, 9.17) is 4.74 Å². The molecule has 0 aliphatic carbocycles. The van der Waals surface area contributed by atoms with E-state index in [1.54, 1.807) is 12.4 Å². The highest BCUT2D eigenvalue weighted by atomic mass is 16.5. The van der Waals surface area contributed by atoms with Crippen LogP contribution in [0.3, 0.4) is 0 Å². The number of benzene rings is 1. The van der Waals surface area contributed by atoms with Crippen LogP contribution in [0.5, 0.6) is 0 Å². The van der Waals surface area contributed by atoms with Crippen molar-refractivity contribution in [2.24, 2.45) is 0 Å². The van der Waals surface area contributed by atoms with Crippen molar-refractivity contribution in [3.05, 3.63) is 60.2 Å². The van der Waals surface area contributed by atoms with Crippen molar-refractivity contribution in [1.82, 2.24) is 15.3 Å². The first-order valence-corrected chi connectivity index (χ1v) is 7.43. The zero-order valence-corrected chi connectivity index (χ0v) is 12.3. The summed E-state index contributed by atoms with van der Waals surface area (Å²) in [5.41, 5.74) is 2.34. The lowest BCUT2D eigenvalue weighted by Gasteiger charge is -2.43. The molecule has 1 N–H and O–H groups in total. The molecule has 110 valence electrons. The van der Waals surface area contributed by atoms with Gasteiger partial charge < -0.3 is 10.1 Å². The molecular formula is C17H21N3O. The maximum atomic E-state index is 5.61. The van der Waals surface area contributed by atoms with E-state index in [1.807, 2.05) is 13.2 Å². The number of hydrogen-bond donors (Lipinski definition) is 1. The van der Waals surface area contributed by atoms with E-state index >= 15 is 0 Å². The van der Waals surface area contributed by atoms with Crippen molar-refractivity contribution in [1.29, 1.82) is 0 Å². The summed E-state index contributed by atoms with van der Waals surface area (Å²) in [7, 11) is 2.00. The fourth-order valence-electron chi connectivity index (χ4n) is 3.42. The second kappa shape index (κ2) is 6.33. The van der Waals surface area contributed by atoms with Gasteiger partial charge in [0.2, 0.25) is 0 Å². The predicted molar refractivity (Wildman–Crippen MR) is 82.0 cm³/mol. The van der Waals surface area contributed by atoms with E-state index in [0.29, 0.717) is 0 Å². The molecule has 1 unspecified atom stereocenters. The van der Waals surface area contributed by atoms with Crippen molar-refractivity contribution in [2.75, 3.05) is 20.3 Å². The van der Waals surface area contributed by atoms with Crippen LogP contribution in [0.25, 0.3) is 0 Å². The number of rotatable bonds is 4. The number of nitrogens with one attached hydrogen (secondary N) is 1. The Morgan fingerprint density at radius 1 is 1.14 bits per heavy atom. The van der Waals surface area contributed by atoms with Gasteiger partial charge in [-0.1, -0.05) is 30.3 Å². The highest BCUT2D eigenvalue weighted by molar-refractivity contribution is 5.31. The summed E-state index contributed by atoms with van der Waals surface area (Å²) in [5, 5.41) is 3.47. The van der Waals surface area contributed by atoms with Crippen molar-refractivity contribution in [2.45, 2.75) is 24.3 Å². The molecule has 0 spiro atoms. The SMILES string of the molecule is CNC(c1cnccn1)C1(c2ccccc2)CCOCC1. The zero-order valence-electron chi connectivity index (χ0n) is 12.3. The van der Waals surface area contributed by atoms with E-state index < -0.39 is 0 Å². The molecule has 1 atom stereocenters. The Bertz CT molecular complexity index is 553. The van der Waals surface area contributed by atoms with Gasteiger partial charge in [-0.05, 0) is 25.5 Å². The van der Waals surface area contributed by atoms with Gasteiger partial charge in [0, 0.05) is 37.2 Å². The molecule has 4 nitrogen and oxygen atoms in total. The van der Waals surface area contributed by atoms with Gasteiger partial charge >= 0.3 is 0 Å². The van der Waals surface area contributed by atoms with E-state index in [1.165, 1.54) is 5.56 Å². The average Bonchev–Trinajstić information content (AvgIpc) is 2.58. The molecule has 3 rings (SSSR count). The Morgan fingerprint density at radius 2 is 1.90 bits per heavy atom. The molecule has 1 aliphatic rings. The average molecular weight is 283 g/mol. The first kappa shape index (κ1) is 14.2. The Labute approximate surface area is 125 Å². The third-order valence-electron chi connectivity index (χ3n) is 4.45. The fourth-order valence-corrected chi connectivity index (χ4v) is 3.42. The van der Waals surface area contributed by atoms with E-state index in [0.717, 1.165) is 31.7 Å². The minimum Gasteiger partial charge on any atom is -0.381 e. The number of hydrogen-bond acceptors (Lipinski definition) is 4. The third kappa shape index (κ3) is 2.69. The number of likely N-dealkylation sites (N-methyl/N-ethyl adjacent to an activating group) is 1. The zero-order chi connectivity index (χ0) is 14.5. The maximum Gasteiger partial charge on any atom is 0.0765 e. The van der Waals surface area contributed by atoms with Crippen molar-refractivity contribution >= 4 is 0 Å². The lowest BCUT2D eigenvalue weighted by atomic mass is 9.68. The first-order chi connectivity index (χ1) is 10.4. The summed E-state index contributed by atoms with van der Waals surface area (Å²) in [4.78, 5) is 8.77. The molecule has 1 aromatic carbocycles. The van der Waals surface area contributed by atoms with Crippen molar-refractivity contribution in [3.63, 3.8) is 0 Å². The van der Waals surface area contributed by atoms with Crippen LogP contribution in [0.1, 0.15) is 30.1 Å². The molecule has 1 aliphatic heterocycles. The van der Waals surface area contributed by atoms with Crippen LogP contribution >= 0.6 is 0 Å². The van der Waals surface area contributed by atoms with Gasteiger partial charge in [-0.25, -0.2) is 0 Å². The quantitative estimate of drug-likeness (QED) is 0.936. The van der Waals surface area contributed by atoms with E-state index in [-0.39, 0.29) is 11.5 Å². The van der Waals surface area contributed by atoms with Crippen LogP contribution in [0.15, 0.2) is 48.9 Å². The molecular weight excluding hydrogens is 262 g/mol. The first-order valence-electron chi connectivity index (χ1n) is 7.43. The summed E-state index contributed by atoms with van der Waals surface area (Å²) in [6, 6.07) is 10.8. The van der Waals surface area contributed by atoms with E-state index in [2.05, 4.69) is 45.6 Å². The van der Waals surface area contributed by atoms with Crippen LogP contribution in [-0.2, 0) is 10.2 Å². The van der Waals surface area contributed by atoms with Gasteiger partial charge in [-0.2, -0.15) is 0 Å². The second-order valence-electron chi connectivity index (χ2n) is 5.49. The monoisotopic (exact) mass is 283 g/mol. The van der Waals surface area contributed by atoms with Gasteiger partial charge in [0.15, 0.2) is 0 Å². The molecule has 4 heteroatoms. The van der Waals surface area contributed by atoms with Gasteiger partial charge in [0.1, 0.15) is 0 Å². The smallest absolute Gasteiger partial charge is 0.0765 e. The molecule has 0 bridgehead atoms. The predicted octanol–water partition coefficient (Wildman–Crippen LogP) is 2.49. The molecule has 2 aromatic rings. The van der Waals surface area contributed by atoms with Crippen LogP contribution in [-0.4, -0.2) is 30.2 Å². The molecule has 21 heavy (non-hydrogen) atoms. The lowest BCUT2D eigenvalue weighted by molar-refractivity contribution is 0.0345. The molecule has 1 fully saturated rings. The Balaban J connectivity index is 2.06. The van der Waals surface area contributed by atoms with Crippen LogP contribution in [0.4, 0.5) is 0 Å². The molecule has 1 aromatic heterocycles. The third-order valence-corrected chi connectivity index (χ3v) is 4.45. The molecule has 0 saturated carbocycles. The minimum atomic E-state index is 0.00426. The number of nitrogens with zero attached hydrogens (tertiary/aromatic N) is 2. The summed E-state index contributed by atoms with van der Waals surface area (Å²) < 4.78 is 5.61. The number of aromatic nitrogens is 2. The van der Waals surface area contributed by atoms with Crippen LogP contribution < -0.4 is 5.32 Å². The lowest BCUT2D eigenvalue weighted by Crippen LogP contribution is -2.45.